The zero-order valence-corrected chi connectivity index (χ0v) is 16.6. The standard InChI is InChI=1S/C21H17F2N7O/c1-12(10-24)31-21-28-18(16-11-26-30-7-3-6-25-20(16)30)9-19(29-21)27-13(2)15-5-4-14(22)8-17(15)23/h3-9,11-13H,1-2H3,(H,27,28,29)/t12?,13-/m0/s1. The SMILES string of the molecule is CC(C#N)Oc1nc(N[C@@H](C)c2ccc(F)cc2F)cc(-c2cnn3cccnc23)n1. The van der Waals surface area contributed by atoms with Crippen molar-refractivity contribution >= 4 is 11.5 Å². The van der Waals surface area contributed by atoms with Crippen molar-refractivity contribution in [1.82, 2.24) is 24.6 Å². The molecule has 0 aliphatic rings. The van der Waals surface area contributed by atoms with Crippen LogP contribution in [0.15, 0.2) is 48.9 Å². The summed E-state index contributed by atoms with van der Waals surface area (Å²) in [6.07, 6.45) is 4.21. The number of anilines is 1. The molecule has 156 valence electrons. The second kappa shape index (κ2) is 8.31. The molecule has 1 unspecified atom stereocenters. The summed E-state index contributed by atoms with van der Waals surface area (Å²) in [5, 5.41) is 16.4. The molecule has 0 saturated carbocycles. The maximum atomic E-state index is 14.2. The van der Waals surface area contributed by atoms with Gasteiger partial charge in [0.1, 0.15) is 23.5 Å². The Labute approximate surface area is 176 Å². The number of hydrogen-bond acceptors (Lipinski definition) is 7. The smallest absolute Gasteiger partial charge is 0.320 e. The first-order chi connectivity index (χ1) is 14.9. The molecule has 0 saturated heterocycles. The van der Waals surface area contributed by atoms with Crippen LogP contribution in [0, 0.1) is 23.0 Å². The van der Waals surface area contributed by atoms with Crippen molar-refractivity contribution in [2.45, 2.75) is 26.0 Å². The normalized spacial score (nSPS) is 12.9. The molecule has 4 aromatic rings. The lowest BCUT2D eigenvalue weighted by atomic mass is 10.1. The molecule has 0 spiro atoms. The Balaban J connectivity index is 1.74. The number of ether oxygens (including phenoxy) is 1. The van der Waals surface area contributed by atoms with Gasteiger partial charge in [-0.3, -0.25) is 0 Å². The monoisotopic (exact) mass is 421 g/mol. The summed E-state index contributed by atoms with van der Waals surface area (Å²) in [5.74, 6) is -0.994. The number of benzene rings is 1. The van der Waals surface area contributed by atoms with Crippen LogP contribution in [-0.4, -0.2) is 30.7 Å². The first-order valence-corrected chi connectivity index (χ1v) is 9.40. The highest BCUT2D eigenvalue weighted by Crippen LogP contribution is 2.28. The van der Waals surface area contributed by atoms with Gasteiger partial charge in [0.2, 0.25) is 0 Å². The van der Waals surface area contributed by atoms with Crippen LogP contribution >= 0.6 is 0 Å². The molecule has 8 nitrogen and oxygen atoms in total. The zero-order valence-electron chi connectivity index (χ0n) is 16.6. The number of hydrogen-bond donors (Lipinski definition) is 1. The lowest BCUT2D eigenvalue weighted by Gasteiger charge is -2.17. The van der Waals surface area contributed by atoms with Crippen LogP contribution in [-0.2, 0) is 0 Å². The van der Waals surface area contributed by atoms with E-state index in [2.05, 4.69) is 25.4 Å². The van der Waals surface area contributed by atoms with Crippen LogP contribution in [0.3, 0.4) is 0 Å². The predicted octanol–water partition coefficient (Wildman–Crippen LogP) is 3.93. The van der Waals surface area contributed by atoms with Crippen molar-refractivity contribution in [3.63, 3.8) is 0 Å². The van der Waals surface area contributed by atoms with Gasteiger partial charge in [-0.2, -0.15) is 20.3 Å². The van der Waals surface area contributed by atoms with Crippen LogP contribution in [0.5, 0.6) is 6.01 Å². The number of nitrogens with zero attached hydrogens (tertiary/aromatic N) is 6. The Morgan fingerprint density at radius 1 is 1.19 bits per heavy atom. The minimum atomic E-state index is -0.780. The number of rotatable bonds is 6. The van der Waals surface area contributed by atoms with E-state index in [-0.39, 0.29) is 11.6 Å². The van der Waals surface area contributed by atoms with Gasteiger partial charge in [-0.15, -0.1) is 0 Å². The quantitative estimate of drug-likeness (QED) is 0.503. The number of fused-ring (bicyclic) bond motifs is 1. The topological polar surface area (TPSA) is 101 Å². The molecular weight excluding hydrogens is 404 g/mol. The maximum absolute atomic E-state index is 14.2. The molecule has 0 amide bonds. The number of nitrogens with one attached hydrogen (secondary N) is 1. The highest BCUT2D eigenvalue weighted by atomic mass is 19.1. The summed E-state index contributed by atoms with van der Waals surface area (Å²) in [4.78, 5) is 13.0. The molecule has 2 atom stereocenters. The Bertz CT molecular complexity index is 1280. The second-order valence-corrected chi connectivity index (χ2v) is 6.79. The van der Waals surface area contributed by atoms with Gasteiger partial charge in [-0.05, 0) is 26.0 Å². The average molecular weight is 421 g/mol. The van der Waals surface area contributed by atoms with E-state index in [0.717, 1.165) is 6.07 Å². The number of aromatic nitrogens is 5. The molecule has 4 rings (SSSR count). The van der Waals surface area contributed by atoms with E-state index in [1.807, 2.05) is 6.07 Å². The summed E-state index contributed by atoms with van der Waals surface area (Å²) in [6, 6.07) is 8.17. The molecular formula is C21H17F2N7O. The molecule has 0 aliphatic carbocycles. The number of halogens is 2. The van der Waals surface area contributed by atoms with Crippen LogP contribution in [0.4, 0.5) is 14.6 Å². The molecule has 3 aromatic heterocycles. The highest BCUT2D eigenvalue weighted by molar-refractivity contribution is 5.75. The van der Waals surface area contributed by atoms with E-state index in [4.69, 9.17) is 10.00 Å². The van der Waals surface area contributed by atoms with Gasteiger partial charge in [0.15, 0.2) is 11.8 Å². The van der Waals surface area contributed by atoms with Crippen molar-refractivity contribution in [1.29, 1.82) is 5.26 Å². The average Bonchev–Trinajstić information content (AvgIpc) is 3.17. The molecule has 10 heteroatoms. The Morgan fingerprint density at radius 2 is 2.03 bits per heavy atom. The van der Waals surface area contributed by atoms with Crippen molar-refractivity contribution in [2.75, 3.05) is 5.32 Å². The van der Waals surface area contributed by atoms with Gasteiger partial charge in [-0.25, -0.2) is 18.3 Å². The van der Waals surface area contributed by atoms with Gasteiger partial charge in [0, 0.05) is 30.1 Å². The summed E-state index contributed by atoms with van der Waals surface area (Å²) in [6.45, 7) is 3.28. The second-order valence-electron chi connectivity index (χ2n) is 6.79. The molecule has 0 bridgehead atoms. The largest absolute Gasteiger partial charge is 0.445 e. The molecule has 31 heavy (non-hydrogen) atoms. The number of nitriles is 1. The minimum absolute atomic E-state index is 0.0314. The zero-order chi connectivity index (χ0) is 22.0. The van der Waals surface area contributed by atoms with E-state index in [9.17, 15) is 8.78 Å². The van der Waals surface area contributed by atoms with E-state index in [1.54, 1.807) is 49.1 Å². The van der Waals surface area contributed by atoms with Crippen LogP contribution < -0.4 is 10.1 Å². The van der Waals surface area contributed by atoms with Crippen LogP contribution in [0.1, 0.15) is 25.5 Å². The third-order valence-corrected chi connectivity index (χ3v) is 4.52. The van der Waals surface area contributed by atoms with Gasteiger partial charge >= 0.3 is 6.01 Å². The lowest BCUT2D eigenvalue weighted by Crippen LogP contribution is -2.14. The van der Waals surface area contributed by atoms with Gasteiger partial charge in [0.25, 0.3) is 0 Å². The summed E-state index contributed by atoms with van der Waals surface area (Å²) >= 11 is 0. The van der Waals surface area contributed by atoms with E-state index >= 15 is 0 Å². The van der Waals surface area contributed by atoms with E-state index in [0.29, 0.717) is 22.7 Å². The Morgan fingerprint density at radius 3 is 2.81 bits per heavy atom. The van der Waals surface area contributed by atoms with E-state index in [1.165, 1.54) is 12.1 Å². The Kier molecular flexibility index (Phi) is 5.41. The molecule has 0 radical (unpaired) electrons. The summed E-state index contributed by atoms with van der Waals surface area (Å²) in [5.41, 5.74) is 1.93. The minimum Gasteiger partial charge on any atom is -0.445 e. The van der Waals surface area contributed by atoms with E-state index < -0.39 is 23.8 Å². The Hall–Kier alpha value is -4.13. The first-order valence-electron chi connectivity index (χ1n) is 9.40. The maximum Gasteiger partial charge on any atom is 0.320 e. The fraction of sp³-hybridized carbons (Fsp3) is 0.190. The molecule has 1 N–H and O–H groups in total. The molecule has 0 fully saturated rings. The van der Waals surface area contributed by atoms with Crippen molar-refractivity contribution < 1.29 is 13.5 Å². The molecule has 1 aromatic carbocycles. The van der Waals surface area contributed by atoms with Gasteiger partial charge in [0.05, 0.1) is 23.5 Å². The third kappa shape index (κ3) is 4.25. The fourth-order valence-corrected chi connectivity index (χ4v) is 3.03. The summed E-state index contributed by atoms with van der Waals surface area (Å²) in [7, 11) is 0. The fourth-order valence-electron chi connectivity index (χ4n) is 3.03. The van der Waals surface area contributed by atoms with Crippen molar-refractivity contribution in [3.8, 4) is 23.3 Å². The van der Waals surface area contributed by atoms with Crippen molar-refractivity contribution in [3.05, 3.63) is 66.1 Å². The highest BCUT2D eigenvalue weighted by Gasteiger charge is 2.17. The van der Waals surface area contributed by atoms with Crippen LogP contribution in [0.25, 0.3) is 16.9 Å². The lowest BCUT2D eigenvalue weighted by molar-refractivity contribution is 0.254. The molecule has 3 heterocycles. The van der Waals surface area contributed by atoms with Crippen LogP contribution in [0.2, 0.25) is 0 Å². The first kappa shape index (κ1) is 20.2. The van der Waals surface area contributed by atoms with Gasteiger partial charge in [-0.1, -0.05) is 6.07 Å². The summed E-state index contributed by atoms with van der Waals surface area (Å²) < 4.78 is 34.5. The predicted molar refractivity (Wildman–Crippen MR) is 108 cm³/mol. The molecule has 0 aliphatic heterocycles. The van der Waals surface area contributed by atoms with Crippen molar-refractivity contribution in [2.24, 2.45) is 0 Å². The van der Waals surface area contributed by atoms with Gasteiger partial charge < -0.3 is 10.1 Å². The third-order valence-electron chi connectivity index (χ3n) is 4.52.